The second-order valence-electron chi connectivity index (χ2n) is 4.32. The summed E-state index contributed by atoms with van der Waals surface area (Å²) in [6, 6.07) is 4.52. The molecule has 1 saturated carbocycles. The Morgan fingerprint density at radius 2 is 2.24 bits per heavy atom. The minimum Gasteiger partial charge on any atom is -0.357 e. The molecule has 0 aromatic carbocycles. The summed E-state index contributed by atoms with van der Waals surface area (Å²) in [5.74, 6) is 1.63. The maximum absolute atomic E-state index is 8.51. The summed E-state index contributed by atoms with van der Waals surface area (Å²) < 4.78 is 0. The van der Waals surface area contributed by atoms with Crippen LogP contribution in [0.25, 0.3) is 0 Å². The quantitative estimate of drug-likeness (QED) is 0.800. The Morgan fingerprint density at radius 1 is 1.47 bits per heavy atom. The number of rotatable bonds is 4. The van der Waals surface area contributed by atoms with Crippen LogP contribution < -0.4 is 10.2 Å². The highest BCUT2D eigenvalue weighted by molar-refractivity contribution is 5.49. The zero-order valence-electron chi connectivity index (χ0n) is 10.1. The number of nitriles is 1. The van der Waals surface area contributed by atoms with Crippen molar-refractivity contribution in [3.63, 3.8) is 0 Å². The van der Waals surface area contributed by atoms with Crippen LogP contribution in [0.1, 0.15) is 25.7 Å². The second kappa shape index (κ2) is 5.48. The molecule has 0 bridgehead atoms. The van der Waals surface area contributed by atoms with Crippen LogP contribution >= 0.6 is 0 Å². The Hall–Kier alpha value is -1.83. The van der Waals surface area contributed by atoms with Crippen molar-refractivity contribution in [1.29, 1.82) is 5.26 Å². The molecule has 0 radical (unpaired) electrons. The van der Waals surface area contributed by atoms with Crippen molar-refractivity contribution in [3.05, 3.63) is 12.4 Å². The fourth-order valence-corrected chi connectivity index (χ4v) is 2.25. The number of aromatic nitrogens is 2. The Labute approximate surface area is 101 Å². The van der Waals surface area contributed by atoms with E-state index in [4.69, 9.17) is 5.26 Å². The monoisotopic (exact) mass is 231 g/mol. The molecule has 1 aliphatic rings. The van der Waals surface area contributed by atoms with Crippen molar-refractivity contribution in [3.8, 4) is 6.07 Å². The molecule has 1 aliphatic carbocycles. The average molecular weight is 231 g/mol. The van der Waals surface area contributed by atoms with Gasteiger partial charge >= 0.3 is 0 Å². The number of hydrogen-bond acceptors (Lipinski definition) is 5. The van der Waals surface area contributed by atoms with Crippen LogP contribution in [0.4, 0.5) is 11.6 Å². The molecule has 0 unspecified atom stereocenters. The van der Waals surface area contributed by atoms with Gasteiger partial charge in [-0.05, 0) is 12.8 Å². The summed E-state index contributed by atoms with van der Waals surface area (Å²) in [5, 5.41) is 11.5. The molecule has 5 nitrogen and oxygen atoms in total. The lowest BCUT2D eigenvalue weighted by Gasteiger charge is -2.25. The van der Waals surface area contributed by atoms with Crippen molar-refractivity contribution < 1.29 is 0 Å². The molecule has 2 rings (SSSR count). The minimum atomic E-state index is 0.267. The summed E-state index contributed by atoms with van der Waals surface area (Å²) in [6.45, 7) is 0.267. The third-order valence-corrected chi connectivity index (χ3v) is 3.23. The largest absolute Gasteiger partial charge is 0.357 e. The van der Waals surface area contributed by atoms with Crippen LogP contribution in [0, 0.1) is 11.3 Å². The Balaban J connectivity index is 2.06. The molecular weight excluding hydrogens is 214 g/mol. The van der Waals surface area contributed by atoms with E-state index < -0.39 is 0 Å². The first-order valence-electron chi connectivity index (χ1n) is 5.97. The lowest BCUT2D eigenvalue weighted by atomic mass is 10.2. The highest BCUT2D eigenvalue weighted by Gasteiger charge is 2.20. The standard InChI is InChI=1S/C12H17N5/c1-17(10-4-2-3-5-10)12-8-11(14-7-6-13)15-9-16-12/h8-10H,2-5,7H2,1H3,(H,14,15,16). The molecule has 0 saturated heterocycles. The molecule has 0 aliphatic heterocycles. The van der Waals surface area contributed by atoms with Crippen LogP contribution in [-0.4, -0.2) is 29.6 Å². The van der Waals surface area contributed by atoms with Gasteiger partial charge in [0, 0.05) is 19.2 Å². The van der Waals surface area contributed by atoms with Crippen molar-refractivity contribution in [1.82, 2.24) is 9.97 Å². The Morgan fingerprint density at radius 3 is 2.94 bits per heavy atom. The van der Waals surface area contributed by atoms with E-state index >= 15 is 0 Å². The highest BCUT2D eigenvalue weighted by atomic mass is 15.2. The lowest BCUT2D eigenvalue weighted by Crippen LogP contribution is -2.29. The molecule has 1 heterocycles. The van der Waals surface area contributed by atoms with E-state index in [1.165, 1.54) is 25.7 Å². The number of nitrogens with one attached hydrogen (secondary N) is 1. The molecule has 1 aromatic rings. The molecule has 17 heavy (non-hydrogen) atoms. The SMILES string of the molecule is CN(c1cc(NCC#N)ncn1)C1CCCC1. The van der Waals surface area contributed by atoms with Gasteiger partial charge < -0.3 is 10.2 Å². The van der Waals surface area contributed by atoms with Gasteiger partial charge in [-0.15, -0.1) is 0 Å². The zero-order valence-corrected chi connectivity index (χ0v) is 10.1. The second-order valence-corrected chi connectivity index (χ2v) is 4.32. The number of hydrogen-bond donors (Lipinski definition) is 1. The first kappa shape index (κ1) is 11.6. The topological polar surface area (TPSA) is 64.8 Å². The maximum atomic E-state index is 8.51. The van der Waals surface area contributed by atoms with Gasteiger partial charge in [0.2, 0.25) is 0 Å². The third kappa shape index (κ3) is 2.84. The van der Waals surface area contributed by atoms with Gasteiger partial charge in [0.15, 0.2) is 0 Å². The number of anilines is 2. The Kier molecular flexibility index (Phi) is 3.76. The number of nitrogens with zero attached hydrogens (tertiary/aromatic N) is 4. The first-order valence-corrected chi connectivity index (χ1v) is 5.97. The normalized spacial score (nSPS) is 15.5. The van der Waals surface area contributed by atoms with Crippen molar-refractivity contribution in [2.24, 2.45) is 0 Å². The summed E-state index contributed by atoms with van der Waals surface area (Å²) in [4.78, 5) is 10.6. The van der Waals surface area contributed by atoms with Crippen molar-refractivity contribution in [2.45, 2.75) is 31.7 Å². The van der Waals surface area contributed by atoms with Crippen LogP contribution in [0.5, 0.6) is 0 Å². The van der Waals surface area contributed by atoms with Crippen LogP contribution in [0.15, 0.2) is 12.4 Å². The smallest absolute Gasteiger partial charge is 0.134 e. The van der Waals surface area contributed by atoms with E-state index in [0.717, 1.165) is 5.82 Å². The molecule has 0 atom stereocenters. The molecule has 1 fully saturated rings. The maximum Gasteiger partial charge on any atom is 0.134 e. The van der Waals surface area contributed by atoms with Gasteiger partial charge in [0.25, 0.3) is 0 Å². The third-order valence-electron chi connectivity index (χ3n) is 3.23. The molecule has 0 spiro atoms. The first-order chi connectivity index (χ1) is 8.31. The molecule has 1 N–H and O–H groups in total. The van der Waals surface area contributed by atoms with Crippen LogP contribution in [0.2, 0.25) is 0 Å². The predicted molar refractivity (Wildman–Crippen MR) is 66.8 cm³/mol. The summed E-state index contributed by atoms with van der Waals surface area (Å²) in [6.07, 6.45) is 6.63. The molecule has 90 valence electrons. The zero-order chi connectivity index (χ0) is 12.1. The molecule has 1 aromatic heterocycles. The molecule has 0 amide bonds. The fourth-order valence-electron chi connectivity index (χ4n) is 2.25. The lowest BCUT2D eigenvalue weighted by molar-refractivity contribution is 0.646. The average Bonchev–Trinajstić information content (AvgIpc) is 2.89. The van der Waals surface area contributed by atoms with E-state index in [2.05, 4.69) is 27.2 Å². The van der Waals surface area contributed by atoms with Gasteiger partial charge in [-0.1, -0.05) is 12.8 Å². The van der Waals surface area contributed by atoms with Gasteiger partial charge in [0.05, 0.1) is 6.07 Å². The van der Waals surface area contributed by atoms with Crippen molar-refractivity contribution >= 4 is 11.6 Å². The summed E-state index contributed by atoms with van der Waals surface area (Å²) in [5.41, 5.74) is 0. The van der Waals surface area contributed by atoms with E-state index in [1.807, 2.05) is 12.1 Å². The van der Waals surface area contributed by atoms with Crippen molar-refractivity contribution in [2.75, 3.05) is 23.8 Å². The fraction of sp³-hybridized carbons (Fsp3) is 0.583. The molecule has 5 heteroatoms. The summed E-state index contributed by atoms with van der Waals surface area (Å²) in [7, 11) is 2.08. The highest BCUT2D eigenvalue weighted by Crippen LogP contribution is 2.26. The van der Waals surface area contributed by atoms with E-state index in [0.29, 0.717) is 11.9 Å². The summed E-state index contributed by atoms with van der Waals surface area (Å²) >= 11 is 0. The van der Waals surface area contributed by atoms with Gasteiger partial charge in [-0.25, -0.2) is 9.97 Å². The van der Waals surface area contributed by atoms with E-state index in [9.17, 15) is 0 Å². The van der Waals surface area contributed by atoms with E-state index in [-0.39, 0.29) is 6.54 Å². The van der Waals surface area contributed by atoms with Crippen LogP contribution in [0.3, 0.4) is 0 Å². The van der Waals surface area contributed by atoms with Gasteiger partial charge in [-0.2, -0.15) is 5.26 Å². The van der Waals surface area contributed by atoms with Gasteiger partial charge in [-0.3, -0.25) is 0 Å². The minimum absolute atomic E-state index is 0.267. The van der Waals surface area contributed by atoms with Crippen LogP contribution in [-0.2, 0) is 0 Å². The molecular formula is C12H17N5. The Bertz CT molecular complexity index is 406. The van der Waals surface area contributed by atoms with E-state index in [1.54, 1.807) is 6.33 Å². The predicted octanol–water partition coefficient (Wildman–Crippen LogP) is 1.79. The van der Waals surface area contributed by atoms with Gasteiger partial charge in [0.1, 0.15) is 24.5 Å².